The number of hydrogen-bond acceptors (Lipinski definition) is 5. The van der Waals surface area contributed by atoms with E-state index in [9.17, 15) is 19.2 Å². The van der Waals surface area contributed by atoms with Crippen LogP contribution >= 0.6 is 11.6 Å². The van der Waals surface area contributed by atoms with E-state index in [4.69, 9.17) is 16.3 Å². The van der Waals surface area contributed by atoms with E-state index in [1.54, 1.807) is 25.1 Å². The van der Waals surface area contributed by atoms with Crippen LogP contribution in [0.15, 0.2) is 18.2 Å². The summed E-state index contributed by atoms with van der Waals surface area (Å²) in [7, 11) is 0. The lowest BCUT2D eigenvalue weighted by Gasteiger charge is -2.10. The van der Waals surface area contributed by atoms with Crippen molar-refractivity contribution >= 4 is 35.2 Å². The Bertz CT molecular complexity index is 691. The van der Waals surface area contributed by atoms with Crippen molar-refractivity contribution in [1.29, 1.82) is 0 Å². The molecule has 1 aromatic carbocycles. The molecule has 7 nitrogen and oxygen atoms in total. The molecule has 27 heavy (non-hydrogen) atoms. The molecule has 0 saturated heterocycles. The molecule has 1 aromatic rings. The molecule has 0 unspecified atom stereocenters. The Labute approximate surface area is 163 Å². The summed E-state index contributed by atoms with van der Waals surface area (Å²) < 4.78 is 4.74. The third kappa shape index (κ3) is 9.19. The first-order chi connectivity index (χ1) is 12.8. The first kappa shape index (κ1) is 22.6. The van der Waals surface area contributed by atoms with Gasteiger partial charge in [0.25, 0.3) is 0 Å². The summed E-state index contributed by atoms with van der Waals surface area (Å²) in [5.41, 5.74) is 1.19. The number of Topliss-reactive ketones (excluding diaryl/α,β-unsaturated/α-hetero) is 1. The number of aryl methyl sites for hydroxylation is 1. The Balaban J connectivity index is 2.60. The van der Waals surface area contributed by atoms with E-state index in [-0.39, 0.29) is 43.6 Å². The van der Waals surface area contributed by atoms with E-state index in [0.717, 1.165) is 0 Å². The minimum absolute atomic E-state index is 0.0704. The van der Waals surface area contributed by atoms with Gasteiger partial charge in [-0.25, -0.2) is 0 Å². The van der Waals surface area contributed by atoms with Crippen LogP contribution in [0.1, 0.15) is 49.0 Å². The fraction of sp³-hybridized carbons (Fsp3) is 0.474. The summed E-state index contributed by atoms with van der Waals surface area (Å²) in [6.07, 6.45) is 1.25. The Kier molecular flexibility index (Phi) is 10.1. The third-order valence-electron chi connectivity index (χ3n) is 3.68. The average Bonchev–Trinajstić information content (AvgIpc) is 2.61. The van der Waals surface area contributed by atoms with Crippen molar-refractivity contribution in [2.75, 3.05) is 19.7 Å². The van der Waals surface area contributed by atoms with Crippen LogP contribution in [0.2, 0.25) is 5.02 Å². The molecule has 0 spiro atoms. The molecule has 0 bridgehead atoms. The highest BCUT2D eigenvalue weighted by Crippen LogP contribution is 2.19. The molecule has 1 rings (SSSR count). The van der Waals surface area contributed by atoms with Crippen molar-refractivity contribution in [3.63, 3.8) is 0 Å². The maximum absolute atomic E-state index is 12.4. The molecule has 0 fully saturated rings. The summed E-state index contributed by atoms with van der Waals surface area (Å²) in [5.74, 6) is -1.02. The highest BCUT2D eigenvalue weighted by atomic mass is 35.5. The van der Waals surface area contributed by atoms with Crippen molar-refractivity contribution in [3.05, 3.63) is 34.3 Å². The summed E-state index contributed by atoms with van der Waals surface area (Å²) in [6, 6.07) is 4.95. The largest absolute Gasteiger partial charge is 0.465 e. The maximum atomic E-state index is 12.4. The van der Waals surface area contributed by atoms with Crippen LogP contribution in [0.3, 0.4) is 0 Å². The van der Waals surface area contributed by atoms with E-state index < -0.39 is 5.97 Å². The van der Waals surface area contributed by atoms with Crippen molar-refractivity contribution < 1.29 is 23.9 Å². The number of benzene rings is 1. The molecule has 0 atom stereocenters. The fourth-order valence-corrected chi connectivity index (χ4v) is 2.60. The standard InChI is InChI=1S/C19H25ClN2O5/c1-3-27-19(26)12-22-18(25)9-6-14-11-15(20)7-8-16(14)17(24)5-4-10-21-13(2)23/h7-8,11H,3-6,9-10,12H2,1-2H3,(H,21,23)(H,22,25). The van der Waals surface area contributed by atoms with Gasteiger partial charge in [0.1, 0.15) is 6.54 Å². The molecular formula is C19H25ClN2O5. The van der Waals surface area contributed by atoms with Gasteiger partial charge in [0.15, 0.2) is 5.78 Å². The quantitative estimate of drug-likeness (QED) is 0.338. The molecule has 2 N–H and O–H groups in total. The smallest absolute Gasteiger partial charge is 0.325 e. The van der Waals surface area contributed by atoms with Crippen LogP contribution in [0.25, 0.3) is 0 Å². The van der Waals surface area contributed by atoms with E-state index in [1.807, 2.05) is 0 Å². The number of rotatable bonds is 11. The first-order valence-electron chi connectivity index (χ1n) is 8.81. The molecule has 0 heterocycles. The number of esters is 1. The van der Waals surface area contributed by atoms with Gasteiger partial charge in [-0.3, -0.25) is 19.2 Å². The number of halogens is 1. The molecule has 8 heteroatoms. The zero-order valence-corrected chi connectivity index (χ0v) is 16.4. The third-order valence-corrected chi connectivity index (χ3v) is 3.91. The minimum Gasteiger partial charge on any atom is -0.465 e. The number of nitrogens with one attached hydrogen (secondary N) is 2. The van der Waals surface area contributed by atoms with Gasteiger partial charge in [-0.1, -0.05) is 11.6 Å². The minimum atomic E-state index is -0.497. The number of carbonyl (C=O) groups excluding carboxylic acids is 4. The van der Waals surface area contributed by atoms with Crippen LogP contribution in [0.4, 0.5) is 0 Å². The van der Waals surface area contributed by atoms with Crippen molar-refractivity contribution in [1.82, 2.24) is 10.6 Å². The maximum Gasteiger partial charge on any atom is 0.325 e. The predicted octanol–water partition coefficient (Wildman–Crippen LogP) is 2.05. The highest BCUT2D eigenvalue weighted by molar-refractivity contribution is 6.30. The predicted molar refractivity (Wildman–Crippen MR) is 102 cm³/mol. The number of ether oxygens (including phenoxy) is 1. The van der Waals surface area contributed by atoms with Crippen molar-refractivity contribution in [2.45, 2.75) is 39.5 Å². The fourth-order valence-electron chi connectivity index (χ4n) is 2.41. The molecule has 0 aliphatic heterocycles. The molecular weight excluding hydrogens is 372 g/mol. The second-order valence-corrected chi connectivity index (χ2v) is 6.33. The monoisotopic (exact) mass is 396 g/mol. The lowest BCUT2D eigenvalue weighted by atomic mass is 9.97. The number of amides is 2. The lowest BCUT2D eigenvalue weighted by Crippen LogP contribution is -2.30. The van der Waals surface area contributed by atoms with Gasteiger partial charge < -0.3 is 15.4 Å². The Morgan fingerprint density at radius 1 is 1.11 bits per heavy atom. The highest BCUT2D eigenvalue weighted by Gasteiger charge is 2.14. The van der Waals surface area contributed by atoms with E-state index >= 15 is 0 Å². The summed E-state index contributed by atoms with van der Waals surface area (Å²) in [5, 5.41) is 5.61. The van der Waals surface area contributed by atoms with E-state index in [0.29, 0.717) is 35.5 Å². The summed E-state index contributed by atoms with van der Waals surface area (Å²) in [6.45, 7) is 3.61. The molecule has 2 amide bonds. The summed E-state index contributed by atoms with van der Waals surface area (Å²) >= 11 is 6.02. The normalized spacial score (nSPS) is 10.2. The van der Waals surface area contributed by atoms with Crippen LogP contribution < -0.4 is 10.6 Å². The second-order valence-electron chi connectivity index (χ2n) is 5.89. The van der Waals surface area contributed by atoms with Gasteiger partial charge in [-0.15, -0.1) is 0 Å². The Hall–Kier alpha value is -2.41. The molecule has 0 aromatic heterocycles. The Morgan fingerprint density at radius 2 is 1.85 bits per heavy atom. The van der Waals surface area contributed by atoms with Gasteiger partial charge in [0, 0.05) is 36.9 Å². The van der Waals surface area contributed by atoms with E-state index in [1.165, 1.54) is 6.92 Å². The molecule has 0 saturated carbocycles. The van der Waals surface area contributed by atoms with E-state index in [2.05, 4.69) is 10.6 Å². The van der Waals surface area contributed by atoms with Crippen LogP contribution in [-0.2, 0) is 25.5 Å². The van der Waals surface area contributed by atoms with Crippen molar-refractivity contribution in [2.24, 2.45) is 0 Å². The molecule has 0 aliphatic carbocycles. The molecule has 0 aliphatic rings. The lowest BCUT2D eigenvalue weighted by molar-refractivity contribution is -0.143. The molecule has 148 valence electrons. The van der Waals surface area contributed by atoms with Crippen LogP contribution in [-0.4, -0.2) is 43.3 Å². The van der Waals surface area contributed by atoms with Crippen LogP contribution in [0, 0.1) is 0 Å². The SMILES string of the molecule is CCOC(=O)CNC(=O)CCc1cc(Cl)ccc1C(=O)CCCNC(C)=O. The van der Waals surface area contributed by atoms with Crippen LogP contribution in [0.5, 0.6) is 0 Å². The number of ketones is 1. The van der Waals surface area contributed by atoms with Gasteiger partial charge in [0.05, 0.1) is 6.61 Å². The first-order valence-corrected chi connectivity index (χ1v) is 9.19. The van der Waals surface area contributed by atoms with Gasteiger partial charge in [-0.2, -0.15) is 0 Å². The summed E-state index contributed by atoms with van der Waals surface area (Å²) in [4.78, 5) is 46.4. The zero-order valence-electron chi connectivity index (χ0n) is 15.6. The topological polar surface area (TPSA) is 102 Å². The number of carbonyl (C=O) groups is 4. The molecule has 0 radical (unpaired) electrons. The van der Waals surface area contributed by atoms with Gasteiger partial charge >= 0.3 is 5.97 Å². The van der Waals surface area contributed by atoms with Gasteiger partial charge in [0.2, 0.25) is 11.8 Å². The van der Waals surface area contributed by atoms with Crippen molar-refractivity contribution in [3.8, 4) is 0 Å². The Morgan fingerprint density at radius 3 is 2.52 bits per heavy atom. The average molecular weight is 397 g/mol. The number of hydrogen-bond donors (Lipinski definition) is 2. The second kappa shape index (κ2) is 12.1. The van der Waals surface area contributed by atoms with Gasteiger partial charge in [-0.05, 0) is 43.5 Å². The zero-order chi connectivity index (χ0) is 20.2.